The average Bonchev–Trinajstić information content (AvgIpc) is 3.04. The van der Waals surface area contributed by atoms with Gasteiger partial charge in [-0.15, -0.1) is 0 Å². The molecule has 0 amide bonds. The molecule has 0 heterocycles. The molecule has 0 unspecified atom stereocenters. The molecule has 0 bridgehead atoms. The third kappa shape index (κ3) is 8.65. The van der Waals surface area contributed by atoms with E-state index in [2.05, 4.69) is 98.9 Å². The molecule has 4 aromatic carbocycles. The average molecular weight is 589 g/mol. The molecule has 0 aliphatic rings. The van der Waals surface area contributed by atoms with Crippen molar-refractivity contribution in [2.75, 3.05) is 20.3 Å². The highest BCUT2D eigenvalue weighted by Gasteiger charge is 2.14. The van der Waals surface area contributed by atoms with E-state index in [1.165, 1.54) is 12.7 Å². The molecule has 4 rings (SSSR count). The Morgan fingerprint density at radius 2 is 1.20 bits per heavy atom. The Morgan fingerprint density at radius 3 is 1.77 bits per heavy atom. The van der Waals surface area contributed by atoms with Gasteiger partial charge < -0.3 is 14.2 Å². The number of aryl methyl sites for hydroxylation is 2. The van der Waals surface area contributed by atoms with Crippen molar-refractivity contribution in [3.05, 3.63) is 126 Å². The van der Waals surface area contributed by atoms with Gasteiger partial charge in [0.1, 0.15) is 5.75 Å². The summed E-state index contributed by atoms with van der Waals surface area (Å²) in [5, 5.41) is 0. The molecular formula is C39H40O5. The van der Waals surface area contributed by atoms with E-state index in [1.807, 2.05) is 12.1 Å². The van der Waals surface area contributed by atoms with Crippen LogP contribution in [0, 0.1) is 0 Å². The molecule has 0 saturated carbocycles. The van der Waals surface area contributed by atoms with Crippen molar-refractivity contribution in [2.24, 2.45) is 0 Å². The van der Waals surface area contributed by atoms with Crippen LogP contribution in [0.4, 0.5) is 0 Å². The van der Waals surface area contributed by atoms with Crippen LogP contribution in [-0.2, 0) is 31.9 Å². The number of ether oxygens (including phenoxy) is 3. The lowest BCUT2D eigenvalue weighted by atomic mass is 9.95. The summed E-state index contributed by atoms with van der Waals surface area (Å²) < 4.78 is 15.9. The predicted octanol–water partition coefficient (Wildman–Crippen LogP) is 8.80. The van der Waals surface area contributed by atoms with Crippen LogP contribution in [0.15, 0.2) is 115 Å². The molecule has 0 aliphatic carbocycles. The number of rotatable bonds is 14. The first-order valence-electron chi connectivity index (χ1n) is 14.9. The SMILES string of the molecule is C=C(C)C(=O)Oc1ccc(-c2ccc(CCCOC(=O)C(=C)COC)cc2)cc1-c1ccc(-c2ccc(CCC)cc2)cc1. The van der Waals surface area contributed by atoms with Gasteiger partial charge in [0.2, 0.25) is 0 Å². The highest BCUT2D eigenvalue weighted by molar-refractivity contribution is 5.91. The zero-order valence-corrected chi connectivity index (χ0v) is 25.9. The number of hydrogen-bond acceptors (Lipinski definition) is 5. The van der Waals surface area contributed by atoms with Gasteiger partial charge in [-0.05, 0) is 77.3 Å². The third-order valence-corrected chi connectivity index (χ3v) is 7.29. The van der Waals surface area contributed by atoms with E-state index >= 15 is 0 Å². The van der Waals surface area contributed by atoms with Gasteiger partial charge in [-0.3, -0.25) is 0 Å². The molecule has 4 aromatic rings. The largest absolute Gasteiger partial charge is 0.462 e. The van der Waals surface area contributed by atoms with Gasteiger partial charge in [0.15, 0.2) is 0 Å². The fourth-order valence-corrected chi connectivity index (χ4v) is 4.85. The minimum absolute atomic E-state index is 0.165. The van der Waals surface area contributed by atoms with E-state index in [-0.39, 0.29) is 6.61 Å². The van der Waals surface area contributed by atoms with Gasteiger partial charge in [-0.1, -0.05) is 105 Å². The van der Waals surface area contributed by atoms with Crippen LogP contribution in [0.3, 0.4) is 0 Å². The highest BCUT2D eigenvalue weighted by atomic mass is 16.5. The van der Waals surface area contributed by atoms with Crippen molar-refractivity contribution in [2.45, 2.75) is 39.5 Å². The number of hydrogen-bond donors (Lipinski definition) is 0. The Hall–Kier alpha value is -4.74. The molecule has 0 N–H and O–H groups in total. The number of carbonyl (C=O) groups is 2. The van der Waals surface area contributed by atoms with Gasteiger partial charge in [0.25, 0.3) is 0 Å². The van der Waals surface area contributed by atoms with Crippen LogP contribution >= 0.6 is 0 Å². The van der Waals surface area contributed by atoms with Crippen molar-refractivity contribution < 1.29 is 23.8 Å². The first-order valence-corrected chi connectivity index (χ1v) is 14.9. The lowest BCUT2D eigenvalue weighted by molar-refractivity contribution is -0.139. The number of esters is 2. The maximum absolute atomic E-state index is 12.4. The molecule has 0 fully saturated rings. The Kier molecular flexibility index (Phi) is 11.4. The molecule has 0 radical (unpaired) electrons. The Balaban J connectivity index is 1.51. The van der Waals surface area contributed by atoms with Crippen LogP contribution in [0.1, 0.15) is 37.8 Å². The van der Waals surface area contributed by atoms with E-state index < -0.39 is 11.9 Å². The molecule has 0 atom stereocenters. The maximum Gasteiger partial charge on any atom is 0.338 e. The van der Waals surface area contributed by atoms with Gasteiger partial charge >= 0.3 is 11.9 Å². The number of benzene rings is 4. The van der Waals surface area contributed by atoms with E-state index in [0.717, 1.165) is 58.2 Å². The van der Waals surface area contributed by atoms with Gasteiger partial charge in [0, 0.05) is 18.2 Å². The molecule has 5 nitrogen and oxygen atoms in total. The molecule has 0 saturated heterocycles. The summed E-state index contributed by atoms with van der Waals surface area (Å²) in [6.07, 6.45) is 3.69. The van der Waals surface area contributed by atoms with Crippen LogP contribution in [0.2, 0.25) is 0 Å². The summed E-state index contributed by atoms with van der Waals surface area (Å²) in [7, 11) is 1.52. The van der Waals surface area contributed by atoms with Gasteiger partial charge in [-0.25, -0.2) is 9.59 Å². The molecule has 226 valence electrons. The summed E-state index contributed by atoms with van der Waals surface area (Å²) in [6, 6.07) is 31.2. The maximum atomic E-state index is 12.4. The summed E-state index contributed by atoms with van der Waals surface area (Å²) in [5.74, 6) is -0.398. The van der Waals surface area contributed by atoms with Crippen LogP contribution in [0.25, 0.3) is 33.4 Å². The Labute approximate surface area is 260 Å². The second-order valence-electron chi connectivity index (χ2n) is 10.9. The summed E-state index contributed by atoms with van der Waals surface area (Å²) in [4.78, 5) is 24.3. The first-order chi connectivity index (χ1) is 21.3. The Morgan fingerprint density at radius 1 is 0.682 bits per heavy atom. The normalized spacial score (nSPS) is 10.7. The van der Waals surface area contributed by atoms with Crippen molar-refractivity contribution in [3.8, 4) is 39.1 Å². The molecule has 0 spiro atoms. The molecule has 44 heavy (non-hydrogen) atoms. The number of carbonyl (C=O) groups excluding carboxylic acids is 2. The van der Waals surface area contributed by atoms with E-state index in [0.29, 0.717) is 29.9 Å². The van der Waals surface area contributed by atoms with Crippen LogP contribution in [-0.4, -0.2) is 32.3 Å². The molecule has 0 aromatic heterocycles. The summed E-state index contributed by atoms with van der Waals surface area (Å²) in [6.45, 7) is 11.7. The minimum Gasteiger partial charge on any atom is -0.462 e. The van der Waals surface area contributed by atoms with E-state index in [4.69, 9.17) is 14.2 Å². The third-order valence-electron chi connectivity index (χ3n) is 7.29. The zero-order chi connectivity index (χ0) is 31.5. The van der Waals surface area contributed by atoms with E-state index in [1.54, 1.807) is 6.92 Å². The van der Waals surface area contributed by atoms with Crippen molar-refractivity contribution in [1.29, 1.82) is 0 Å². The molecule has 0 aliphatic heterocycles. The topological polar surface area (TPSA) is 61.8 Å². The summed E-state index contributed by atoms with van der Waals surface area (Å²) >= 11 is 0. The second kappa shape index (κ2) is 15.6. The van der Waals surface area contributed by atoms with Crippen LogP contribution in [0.5, 0.6) is 5.75 Å². The second-order valence-corrected chi connectivity index (χ2v) is 10.9. The lowest BCUT2D eigenvalue weighted by Crippen LogP contribution is -2.12. The fraction of sp³-hybridized carbons (Fsp3) is 0.231. The van der Waals surface area contributed by atoms with E-state index in [9.17, 15) is 9.59 Å². The smallest absolute Gasteiger partial charge is 0.338 e. The standard InChI is InChI=1S/C39H40O5/c1-6-8-29-10-14-31(15-11-29)32-18-20-34(21-19-32)36-25-35(22-23-37(36)44-38(40)27(2)3)33-16-12-30(13-17-33)9-7-24-43-39(41)28(4)26-42-5/h10-23,25H,2,4,6-9,24,26H2,1,3,5H3. The number of methoxy groups -OCH3 is 1. The van der Waals surface area contributed by atoms with Gasteiger partial charge in [0.05, 0.1) is 18.8 Å². The summed E-state index contributed by atoms with van der Waals surface area (Å²) in [5.41, 5.74) is 9.23. The lowest BCUT2D eigenvalue weighted by Gasteiger charge is -2.14. The van der Waals surface area contributed by atoms with Crippen LogP contribution < -0.4 is 4.74 Å². The monoisotopic (exact) mass is 588 g/mol. The molecular weight excluding hydrogens is 548 g/mol. The Bertz CT molecular complexity index is 1600. The van der Waals surface area contributed by atoms with Crippen molar-refractivity contribution >= 4 is 11.9 Å². The first kappa shape index (κ1) is 32.2. The zero-order valence-electron chi connectivity index (χ0n) is 25.9. The molecule has 5 heteroatoms. The minimum atomic E-state index is -0.458. The highest BCUT2D eigenvalue weighted by Crippen LogP contribution is 2.36. The predicted molar refractivity (Wildman–Crippen MR) is 177 cm³/mol. The fourth-order valence-electron chi connectivity index (χ4n) is 4.85. The van der Waals surface area contributed by atoms with Gasteiger partial charge in [-0.2, -0.15) is 0 Å². The quantitative estimate of drug-likeness (QED) is 0.0638. The van der Waals surface area contributed by atoms with Crippen molar-refractivity contribution in [3.63, 3.8) is 0 Å². The van der Waals surface area contributed by atoms with Crippen molar-refractivity contribution in [1.82, 2.24) is 0 Å².